The van der Waals surface area contributed by atoms with E-state index in [1.807, 2.05) is 25.3 Å². The van der Waals surface area contributed by atoms with E-state index < -0.39 is 0 Å². The van der Waals surface area contributed by atoms with Gasteiger partial charge in [0.05, 0.1) is 0 Å². The molecule has 1 aromatic heterocycles. The van der Waals surface area contributed by atoms with Crippen LogP contribution < -0.4 is 0 Å². The molecule has 0 saturated carbocycles. The fraction of sp³-hybridized carbons (Fsp3) is 0.182. The first-order valence-electron chi connectivity index (χ1n) is 4.71. The van der Waals surface area contributed by atoms with E-state index in [0.29, 0.717) is 5.69 Å². The number of benzene rings is 1. The zero-order valence-electron chi connectivity index (χ0n) is 8.46. The maximum atomic E-state index is 8.54. The highest BCUT2D eigenvalue weighted by atomic mass is 15.0. The van der Waals surface area contributed by atoms with Gasteiger partial charge in [-0.3, -0.25) is 0 Å². The Morgan fingerprint density at radius 2 is 2.07 bits per heavy atom. The van der Waals surface area contributed by atoms with Crippen LogP contribution in [0.25, 0.3) is 4.98 Å². The number of nitrogens with zero attached hydrogens (tertiary/aromatic N) is 4. The first-order valence-corrected chi connectivity index (χ1v) is 4.71. The van der Waals surface area contributed by atoms with Crippen molar-refractivity contribution in [3.63, 3.8) is 0 Å². The number of imidazole rings is 1. The fourth-order valence-corrected chi connectivity index (χ4v) is 1.44. The van der Waals surface area contributed by atoms with Crippen LogP contribution in [0.15, 0.2) is 36.7 Å². The maximum Gasteiger partial charge on any atom is 0.385 e. The second kappa shape index (κ2) is 3.93. The lowest BCUT2D eigenvalue weighted by Crippen LogP contribution is -2.00. The van der Waals surface area contributed by atoms with Crippen LogP contribution in [-0.2, 0) is 6.54 Å². The second-order valence-electron chi connectivity index (χ2n) is 3.37. The number of hydrogen-bond donors (Lipinski definition) is 0. The summed E-state index contributed by atoms with van der Waals surface area (Å²) in [5.41, 5.74) is 1.73. The lowest BCUT2D eigenvalue weighted by molar-refractivity contribution is 0.762. The molecule has 0 amide bonds. The SMILES string of the molecule is Cc1nccn1Cc1ccc([N+]#N)cc1. The summed E-state index contributed by atoms with van der Waals surface area (Å²) in [5.74, 6) is 0.992. The monoisotopic (exact) mass is 199 g/mol. The Kier molecular flexibility index (Phi) is 2.46. The van der Waals surface area contributed by atoms with Gasteiger partial charge in [-0.2, -0.15) is 0 Å². The Hall–Kier alpha value is -2.15. The summed E-state index contributed by atoms with van der Waals surface area (Å²) in [5, 5.41) is 8.54. The molecular weight excluding hydrogens is 188 g/mol. The molecule has 0 N–H and O–H groups in total. The minimum atomic E-state index is 0.570. The van der Waals surface area contributed by atoms with Crippen molar-refractivity contribution in [1.82, 2.24) is 9.55 Å². The van der Waals surface area contributed by atoms with E-state index in [1.165, 1.54) is 0 Å². The highest BCUT2D eigenvalue weighted by molar-refractivity contribution is 5.44. The number of hydrogen-bond acceptors (Lipinski definition) is 2. The van der Waals surface area contributed by atoms with Crippen LogP contribution in [-0.4, -0.2) is 9.55 Å². The summed E-state index contributed by atoms with van der Waals surface area (Å²) in [7, 11) is 0. The first kappa shape index (κ1) is 9.41. The number of rotatable bonds is 2. The Balaban J connectivity index is 2.19. The van der Waals surface area contributed by atoms with Crippen LogP contribution in [0.2, 0.25) is 0 Å². The van der Waals surface area contributed by atoms with Crippen LogP contribution in [0, 0.1) is 12.3 Å². The highest BCUT2D eigenvalue weighted by Crippen LogP contribution is 2.13. The van der Waals surface area contributed by atoms with E-state index in [9.17, 15) is 0 Å². The van der Waals surface area contributed by atoms with Crippen molar-refractivity contribution in [1.29, 1.82) is 5.39 Å². The average Bonchev–Trinajstić information content (AvgIpc) is 2.66. The van der Waals surface area contributed by atoms with Gasteiger partial charge in [0.2, 0.25) is 5.39 Å². The van der Waals surface area contributed by atoms with Crippen molar-refractivity contribution in [3.8, 4) is 0 Å². The quantitative estimate of drug-likeness (QED) is 0.698. The van der Waals surface area contributed by atoms with Gasteiger partial charge in [0.25, 0.3) is 0 Å². The third kappa shape index (κ3) is 2.02. The molecule has 0 saturated heterocycles. The molecule has 0 radical (unpaired) electrons. The van der Waals surface area contributed by atoms with Gasteiger partial charge in [-0.15, -0.1) is 0 Å². The third-order valence-corrected chi connectivity index (χ3v) is 2.33. The maximum absolute atomic E-state index is 8.54. The van der Waals surface area contributed by atoms with E-state index in [-0.39, 0.29) is 0 Å². The molecule has 0 unspecified atom stereocenters. The smallest absolute Gasteiger partial charge is 0.331 e. The van der Waals surface area contributed by atoms with Gasteiger partial charge in [-0.05, 0) is 24.6 Å². The topological polar surface area (TPSA) is 46.0 Å². The van der Waals surface area contributed by atoms with E-state index in [0.717, 1.165) is 17.9 Å². The molecule has 4 heteroatoms. The molecule has 0 spiro atoms. The summed E-state index contributed by atoms with van der Waals surface area (Å²) in [4.78, 5) is 7.26. The van der Waals surface area contributed by atoms with Crippen molar-refractivity contribution in [2.75, 3.05) is 0 Å². The van der Waals surface area contributed by atoms with Gasteiger partial charge in [0.15, 0.2) is 4.98 Å². The predicted octanol–water partition coefficient (Wildman–Crippen LogP) is 2.72. The summed E-state index contributed by atoms with van der Waals surface area (Å²) in [6.45, 7) is 2.76. The van der Waals surface area contributed by atoms with Crippen molar-refractivity contribution in [2.45, 2.75) is 13.5 Å². The summed E-state index contributed by atoms with van der Waals surface area (Å²) < 4.78 is 2.06. The average molecular weight is 199 g/mol. The number of aryl methyl sites for hydroxylation is 1. The normalized spacial score (nSPS) is 9.87. The van der Waals surface area contributed by atoms with Gasteiger partial charge >= 0.3 is 5.69 Å². The largest absolute Gasteiger partial charge is 0.385 e. The van der Waals surface area contributed by atoms with Crippen molar-refractivity contribution in [3.05, 3.63) is 53.0 Å². The molecular formula is C11H11N4+. The summed E-state index contributed by atoms with van der Waals surface area (Å²) in [6, 6.07) is 7.44. The zero-order valence-corrected chi connectivity index (χ0v) is 8.46. The minimum Gasteiger partial charge on any atom is -0.331 e. The van der Waals surface area contributed by atoms with Crippen LogP contribution >= 0.6 is 0 Å². The predicted molar refractivity (Wildman–Crippen MR) is 57.3 cm³/mol. The van der Waals surface area contributed by atoms with Crippen molar-refractivity contribution in [2.24, 2.45) is 0 Å². The van der Waals surface area contributed by atoms with Crippen molar-refractivity contribution >= 4 is 5.69 Å². The van der Waals surface area contributed by atoms with Crippen LogP contribution in [0.1, 0.15) is 11.4 Å². The second-order valence-corrected chi connectivity index (χ2v) is 3.37. The van der Waals surface area contributed by atoms with Gasteiger partial charge in [-0.1, -0.05) is 0 Å². The Labute approximate surface area is 87.8 Å². The molecule has 74 valence electrons. The molecule has 0 bridgehead atoms. The van der Waals surface area contributed by atoms with Gasteiger partial charge in [0.1, 0.15) is 5.82 Å². The van der Waals surface area contributed by atoms with E-state index in [4.69, 9.17) is 5.39 Å². The van der Waals surface area contributed by atoms with Gasteiger partial charge < -0.3 is 4.57 Å². The molecule has 0 aliphatic heterocycles. The molecule has 4 nitrogen and oxygen atoms in total. The molecule has 2 rings (SSSR count). The Morgan fingerprint density at radius 3 is 2.60 bits per heavy atom. The Morgan fingerprint density at radius 1 is 1.33 bits per heavy atom. The Bertz CT molecular complexity index is 490. The number of diazo groups is 1. The molecule has 1 heterocycles. The van der Waals surface area contributed by atoms with Crippen LogP contribution in [0.3, 0.4) is 0 Å². The molecule has 15 heavy (non-hydrogen) atoms. The minimum absolute atomic E-state index is 0.570. The molecule has 0 atom stereocenters. The fourth-order valence-electron chi connectivity index (χ4n) is 1.44. The lowest BCUT2D eigenvalue weighted by atomic mass is 10.2. The van der Waals surface area contributed by atoms with Crippen molar-refractivity contribution < 1.29 is 0 Å². The van der Waals surface area contributed by atoms with Crippen LogP contribution in [0.4, 0.5) is 5.69 Å². The first-order chi connectivity index (χ1) is 7.29. The number of aromatic nitrogens is 2. The van der Waals surface area contributed by atoms with Gasteiger partial charge in [0, 0.05) is 31.1 Å². The van der Waals surface area contributed by atoms with Gasteiger partial charge in [-0.25, -0.2) is 4.98 Å². The molecule has 2 aromatic rings. The zero-order chi connectivity index (χ0) is 10.7. The standard InChI is InChI=1S/C11H11N4/c1-9-13-6-7-15(9)8-10-2-4-11(14-12)5-3-10/h2-7H,8H2,1H3/q+1. The molecule has 0 aliphatic rings. The lowest BCUT2D eigenvalue weighted by Gasteiger charge is -2.03. The summed E-state index contributed by atoms with van der Waals surface area (Å²) >= 11 is 0. The molecule has 0 fully saturated rings. The van der Waals surface area contributed by atoms with E-state index in [1.54, 1.807) is 18.3 Å². The summed E-state index contributed by atoms with van der Waals surface area (Å²) in [6.07, 6.45) is 3.73. The molecule has 1 aromatic carbocycles. The third-order valence-electron chi connectivity index (χ3n) is 2.33. The van der Waals surface area contributed by atoms with E-state index >= 15 is 0 Å². The van der Waals surface area contributed by atoms with Crippen LogP contribution in [0.5, 0.6) is 0 Å². The molecule has 0 aliphatic carbocycles. The van der Waals surface area contributed by atoms with E-state index in [2.05, 4.69) is 14.5 Å². The highest BCUT2D eigenvalue weighted by Gasteiger charge is 2.03.